The first kappa shape index (κ1) is 17.1. The van der Waals surface area contributed by atoms with Crippen molar-refractivity contribution in [1.82, 2.24) is 10.6 Å². The van der Waals surface area contributed by atoms with Gasteiger partial charge in [0.2, 0.25) is 0 Å². The Hall–Kier alpha value is -2.24. The van der Waals surface area contributed by atoms with Gasteiger partial charge in [-0.3, -0.25) is 4.79 Å². The third kappa shape index (κ3) is 4.87. The number of carbonyl (C=O) groups excluding carboxylic acids is 1. The monoisotopic (exact) mass is 320 g/mol. The zero-order valence-corrected chi connectivity index (χ0v) is 13.6. The Labute approximate surface area is 136 Å². The predicted molar refractivity (Wildman–Crippen MR) is 86.5 cm³/mol. The lowest BCUT2D eigenvalue weighted by Gasteiger charge is -2.26. The second-order valence-corrected chi connectivity index (χ2v) is 6.03. The van der Waals surface area contributed by atoms with Crippen LogP contribution in [0.15, 0.2) is 18.2 Å². The van der Waals surface area contributed by atoms with Crippen molar-refractivity contribution in [1.29, 1.82) is 0 Å². The number of aliphatic carboxylic acids is 1. The fraction of sp³-hybridized carbons (Fsp3) is 0.529. The summed E-state index contributed by atoms with van der Waals surface area (Å²) in [7, 11) is 1.61. The summed E-state index contributed by atoms with van der Waals surface area (Å²) in [6.45, 7) is 2.37. The molecule has 6 heteroatoms. The zero-order chi connectivity index (χ0) is 16.8. The molecule has 3 N–H and O–H groups in total. The third-order valence-electron chi connectivity index (χ3n) is 4.29. The highest BCUT2D eigenvalue weighted by molar-refractivity contribution is 5.74. The lowest BCUT2D eigenvalue weighted by atomic mass is 9.86. The van der Waals surface area contributed by atoms with E-state index in [4.69, 9.17) is 9.84 Å². The van der Waals surface area contributed by atoms with Crippen LogP contribution in [-0.4, -0.2) is 30.3 Å². The molecule has 2 rings (SSSR count). The second kappa shape index (κ2) is 7.85. The maximum Gasteiger partial charge on any atom is 0.315 e. The molecule has 1 saturated carbocycles. The molecule has 1 fully saturated rings. The highest BCUT2D eigenvalue weighted by atomic mass is 16.5. The van der Waals surface area contributed by atoms with Crippen molar-refractivity contribution in [3.8, 4) is 5.75 Å². The van der Waals surface area contributed by atoms with Gasteiger partial charge in [0.15, 0.2) is 0 Å². The van der Waals surface area contributed by atoms with Crippen molar-refractivity contribution < 1.29 is 19.4 Å². The summed E-state index contributed by atoms with van der Waals surface area (Å²) in [6.07, 6.45) is 2.65. The molecule has 0 bridgehead atoms. The van der Waals surface area contributed by atoms with Crippen LogP contribution in [0.2, 0.25) is 0 Å². The number of aryl methyl sites for hydroxylation is 1. The van der Waals surface area contributed by atoms with Gasteiger partial charge in [0.1, 0.15) is 5.75 Å². The Balaban J connectivity index is 1.79. The maximum atomic E-state index is 12.0. The van der Waals surface area contributed by atoms with E-state index in [0.717, 1.165) is 16.9 Å². The first-order valence-corrected chi connectivity index (χ1v) is 7.90. The summed E-state index contributed by atoms with van der Waals surface area (Å²) in [5.41, 5.74) is 2.02. The van der Waals surface area contributed by atoms with Gasteiger partial charge < -0.3 is 20.5 Å². The first-order chi connectivity index (χ1) is 11.0. The van der Waals surface area contributed by atoms with Crippen LogP contribution >= 0.6 is 0 Å². The Morgan fingerprint density at radius 2 is 1.96 bits per heavy atom. The molecule has 0 saturated heterocycles. The molecule has 0 radical (unpaired) electrons. The van der Waals surface area contributed by atoms with E-state index in [0.29, 0.717) is 32.2 Å². The molecule has 2 amide bonds. The van der Waals surface area contributed by atoms with Gasteiger partial charge in [-0.05, 0) is 44.2 Å². The number of urea groups is 1. The molecule has 6 nitrogen and oxygen atoms in total. The molecule has 126 valence electrons. The van der Waals surface area contributed by atoms with E-state index in [-0.39, 0.29) is 18.0 Å². The van der Waals surface area contributed by atoms with E-state index >= 15 is 0 Å². The van der Waals surface area contributed by atoms with Crippen LogP contribution < -0.4 is 15.4 Å². The zero-order valence-electron chi connectivity index (χ0n) is 13.6. The standard InChI is InChI=1S/C17H24N2O4/c1-11-3-4-13(15(9-11)23-2)10-18-17(22)19-14-7-5-12(6-8-14)16(20)21/h3-4,9,12,14H,5-8,10H2,1-2H3,(H,20,21)(H2,18,19,22). The number of hydrogen-bond donors (Lipinski definition) is 3. The van der Waals surface area contributed by atoms with Crippen LogP contribution in [-0.2, 0) is 11.3 Å². The normalized spacial score (nSPS) is 20.6. The maximum absolute atomic E-state index is 12.0. The van der Waals surface area contributed by atoms with Crippen LogP contribution in [0.5, 0.6) is 5.75 Å². The molecule has 0 aromatic heterocycles. The largest absolute Gasteiger partial charge is 0.496 e. The fourth-order valence-electron chi connectivity index (χ4n) is 2.89. The van der Waals surface area contributed by atoms with Gasteiger partial charge in [-0.15, -0.1) is 0 Å². The smallest absolute Gasteiger partial charge is 0.315 e. The van der Waals surface area contributed by atoms with Gasteiger partial charge in [-0.25, -0.2) is 4.79 Å². The summed E-state index contributed by atoms with van der Waals surface area (Å²) < 4.78 is 5.32. The minimum absolute atomic E-state index is 0.0468. The van der Waals surface area contributed by atoms with E-state index in [2.05, 4.69) is 10.6 Å². The number of amides is 2. The molecule has 23 heavy (non-hydrogen) atoms. The summed E-state index contributed by atoms with van der Waals surface area (Å²) in [5, 5.41) is 14.7. The van der Waals surface area contributed by atoms with Gasteiger partial charge in [0.25, 0.3) is 0 Å². The van der Waals surface area contributed by atoms with Gasteiger partial charge >= 0.3 is 12.0 Å². The van der Waals surface area contributed by atoms with Crippen LogP contribution in [0, 0.1) is 12.8 Å². The summed E-state index contributed by atoms with van der Waals surface area (Å²) >= 11 is 0. The molecular formula is C17H24N2O4. The Morgan fingerprint density at radius 1 is 1.26 bits per heavy atom. The van der Waals surface area contributed by atoms with Crippen LogP contribution in [0.4, 0.5) is 4.79 Å². The molecule has 1 aliphatic rings. The molecule has 1 aromatic carbocycles. The van der Waals surface area contributed by atoms with E-state index in [1.54, 1.807) is 7.11 Å². The molecule has 0 atom stereocenters. The Kier molecular flexibility index (Phi) is 5.84. The molecule has 1 aromatic rings. The van der Waals surface area contributed by atoms with E-state index < -0.39 is 5.97 Å². The minimum Gasteiger partial charge on any atom is -0.496 e. The highest BCUT2D eigenvalue weighted by Crippen LogP contribution is 2.24. The number of carboxylic acid groups (broad SMARTS) is 1. The number of methoxy groups -OCH3 is 1. The predicted octanol–water partition coefficient (Wildman–Crippen LogP) is 2.45. The van der Waals surface area contributed by atoms with Gasteiger partial charge in [0.05, 0.1) is 13.0 Å². The number of hydrogen-bond acceptors (Lipinski definition) is 3. The number of nitrogens with one attached hydrogen (secondary N) is 2. The number of ether oxygens (including phenoxy) is 1. The van der Waals surface area contributed by atoms with Gasteiger partial charge in [-0.1, -0.05) is 12.1 Å². The van der Waals surface area contributed by atoms with Gasteiger partial charge in [-0.2, -0.15) is 0 Å². The van der Waals surface area contributed by atoms with E-state index in [1.807, 2.05) is 25.1 Å². The highest BCUT2D eigenvalue weighted by Gasteiger charge is 2.26. The average Bonchev–Trinajstić information content (AvgIpc) is 2.54. The quantitative estimate of drug-likeness (QED) is 0.777. The van der Waals surface area contributed by atoms with Crippen molar-refractivity contribution >= 4 is 12.0 Å². The van der Waals surface area contributed by atoms with Crippen LogP contribution in [0.25, 0.3) is 0 Å². The molecule has 0 unspecified atom stereocenters. The van der Waals surface area contributed by atoms with Gasteiger partial charge in [0, 0.05) is 18.2 Å². The van der Waals surface area contributed by atoms with Crippen molar-refractivity contribution in [3.05, 3.63) is 29.3 Å². The molecule has 1 aliphatic carbocycles. The SMILES string of the molecule is COc1cc(C)ccc1CNC(=O)NC1CCC(C(=O)O)CC1. The Bertz CT molecular complexity index is 566. The third-order valence-corrected chi connectivity index (χ3v) is 4.29. The summed E-state index contributed by atoms with van der Waals surface area (Å²) in [6, 6.07) is 5.66. The summed E-state index contributed by atoms with van der Waals surface area (Å²) in [5.74, 6) is -0.250. The van der Waals surface area contributed by atoms with Crippen molar-refractivity contribution in [2.75, 3.05) is 7.11 Å². The average molecular weight is 320 g/mol. The molecular weight excluding hydrogens is 296 g/mol. The fourth-order valence-corrected chi connectivity index (χ4v) is 2.89. The van der Waals surface area contributed by atoms with Crippen molar-refractivity contribution in [3.63, 3.8) is 0 Å². The number of benzene rings is 1. The van der Waals surface area contributed by atoms with Crippen LogP contribution in [0.3, 0.4) is 0 Å². The number of carboxylic acids is 1. The first-order valence-electron chi connectivity index (χ1n) is 7.90. The molecule has 0 spiro atoms. The lowest BCUT2D eigenvalue weighted by molar-refractivity contribution is -0.142. The molecule has 0 heterocycles. The van der Waals surface area contributed by atoms with E-state index in [1.165, 1.54) is 0 Å². The molecule has 0 aliphatic heterocycles. The second-order valence-electron chi connectivity index (χ2n) is 6.03. The minimum atomic E-state index is -0.737. The Morgan fingerprint density at radius 3 is 2.57 bits per heavy atom. The summed E-state index contributed by atoms with van der Waals surface area (Å²) in [4.78, 5) is 22.9. The van der Waals surface area contributed by atoms with Crippen molar-refractivity contribution in [2.45, 2.75) is 45.2 Å². The van der Waals surface area contributed by atoms with E-state index in [9.17, 15) is 9.59 Å². The van der Waals surface area contributed by atoms with Crippen molar-refractivity contribution in [2.24, 2.45) is 5.92 Å². The van der Waals surface area contributed by atoms with Crippen LogP contribution in [0.1, 0.15) is 36.8 Å². The number of rotatable bonds is 5. The number of carbonyl (C=O) groups is 2. The topological polar surface area (TPSA) is 87.7 Å². The lowest BCUT2D eigenvalue weighted by Crippen LogP contribution is -2.43.